The maximum atomic E-state index is 12.9. The summed E-state index contributed by atoms with van der Waals surface area (Å²) >= 11 is 6.67. The molecule has 3 fully saturated rings. The number of ether oxygens (including phenoxy) is 4. The van der Waals surface area contributed by atoms with Crippen LogP contribution in [0.1, 0.15) is 84.5 Å². The maximum Gasteiger partial charge on any atom is 0.348 e. The van der Waals surface area contributed by atoms with Gasteiger partial charge in [0.15, 0.2) is 0 Å². The number of aliphatic hydroxyl groups is 1. The molecular weight excluding hydrogens is 500 g/mol. The molecule has 0 aromatic carbocycles. The number of halogens is 1. The number of rotatable bonds is 2. The Morgan fingerprint density at radius 3 is 1.92 bits per heavy atom. The zero-order chi connectivity index (χ0) is 26.4. The molecule has 0 bridgehead atoms. The average Bonchev–Trinajstić information content (AvgIpc) is 2.84. The minimum Gasteiger partial charge on any atom is -0.480 e. The first kappa shape index (κ1) is 25.9. The Morgan fingerprint density at radius 1 is 0.784 bits per heavy atom. The van der Waals surface area contributed by atoms with Crippen molar-refractivity contribution in [1.29, 1.82) is 0 Å². The minimum absolute atomic E-state index is 0.0383. The van der Waals surface area contributed by atoms with Crippen molar-refractivity contribution in [3.8, 4) is 0 Å². The molecule has 37 heavy (non-hydrogen) atoms. The van der Waals surface area contributed by atoms with E-state index in [9.17, 15) is 19.5 Å². The van der Waals surface area contributed by atoms with E-state index < -0.39 is 35.4 Å². The van der Waals surface area contributed by atoms with Gasteiger partial charge in [-0.15, -0.1) is 0 Å². The molecule has 2 saturated carbocycles. The number of hydrogen-bond donors (Lipinski definition) is 1. The van der Waals surface area contributed by atoms with E-state index in [1.165, 1.54) is 12.2 Å². The Balaban J connectivity index is 1.40. The van der Waals surface area contributed by atoms with Gasteiger partial charge in [0.1, 0.15) is 11.1 Å². The summed E-state index contributed by atoms with van der Waals surface area (Å²) in [6.45, 7) is 3.87. The third kappa shape index (κ3) is 4.69. The van der Waals surface area contributed by atoms with Crippen molar-refractivity contribution < 1.29 is 38.4 Å². The summed E-state index contributed by atoms with van der Waals surface area (Å²) in [5.41, 5.74) is 0.825. The second-order valence-corrected chi connectivity index (χ2v) is 11.2. The van der Waals surface area contributed by atoms with Crippen LogP contribution in [-0.2, 0) is 33.3 Å². The minimum atomic E-state index is -1.20. The molecule has 1 N–H and O–H groups in total. The molecule has 5 rings (SSSR count). The normalized spacial score (nSPS) is 35.9. The molecule has 2 aliphatic heterocycles. The number of hydrogen-bond acceptors (Lipinski definition) is 8. The fraction of sp³-hybridized carbons (Fsp3) is 0.607. The number of esters is 3. The third-order valence-electron chi connectivity index (χ3n) is 8.38. The van der Waals surface area contributed by atoms with Crippen molar-refractivity contribution in [2.75, 3.05) is 0 Å². The van der Waals surface area contributed by atoms with Gasteiger partial charge in [-0.3, -0.25) is 0 Å². The maximum absolute atomic E-state index is 12.9. The topological polar surface area (TPSA) is 108 Å². The third-order valence-corrected chi connectivity index (χ3v) is 8.86. The number of carbonyl (C=O) groups is 3. The van der Waals surface area contributed by atoms with Crippen LogP contribution in [0.4, 0.5) is 0 Å². The van der Waals surface area contributed by atoms with Crippen LogP contribution in [0, 0.1) is 11.8 Å². The van der Waals surface area contributed by atoms with E-state index in [1.54, 1.807) is 0 Å². The van der Waals surface area contributed by atoms with Gasteiger partial charge in [0, 0.05) is 29.7 Å². The Morgan fingerprint density at radius 2 is 1.35 bits per heavy atom. The lowest BCUT2D eigenvalue weighted by Crippen LogP contribution is -2.52. The molecule has 200 valence electrons. The van der Waals surface area contributed by atoms with E-state index in [0.717, 1.165) is 38.5 Å². The molecule has 3 unspecified atom stereocenters. The van der Waals surface area contributed by atoms with Crippen LogP contribution in [-0.4, -0.2) is 34.6 Å². The highest BCUT2D eigenvalue weighted by Crippen LogP contribution is 2.44. The van der Waals surface area contributed by atoms with Crippen molar-refractivity contribution in [3.63, 3.8) is 0 Å². The number of aliphatic hydroxyl groups excluding tert-OH is 1. The first-order valence-corrected chi connectivity index (χ1v) is 13.7. The molecule has 2 heterocycles. The van der Waals surface area contributed by atoms with Crippen LogP contribution in [0.2, 0.25) is 0 Å². The van der Waals surface area contributed by atoms with Crippen LogP contribution in [0.25, 0.3) is 0 Å². The van der Waals surface area contributed by atoms with Crippen LogP contribution >= 0.6 is 11.6 Å². The molecule has 0 radical (unpaired) electrons. The summed E-state index contributed by atoms with van der Waals surface area (Å²) in [6, 6.07) is 0. The molecule has 1 saturated heterocycles. The monoisotopic (exact) mass is 532 g/mol. The summed E-state index contributed by atoms with van der Waals surface area (Å²) < 4.78 is 22.8. The quantitative estimate of drug-likeness (QED) is 0.271. The van der Waals surface area contributed by atoms with Gasteiger partial charge in [-0.05, 0) is 68.2 Å². The van der Waals surface area contributed by atoms with Gasteiger partial charge in [0.25, 0.3) is 17.5 Å². The standard InChI is InChI=1S/C28H33ClO8/c1-16-8-3-5-12-27(16)34-23(30)20(24(31)35-27)14-18-10-7-11-19(22(18)29)15-21-25(32)36-28(37-26(21)33)13-6-4-9-17(28)2/h14-17,30H,3-13H2,1-2H3/b18-14-,21-15?. The first-order valence-electron chi connectivity index (χ1n) is 13.3. The molecule has 3 aliphatic carbocycles. The first-order chi connectivity index (χ1) is 17.6. The highest BCUT2D eigenvalue weighted by Gasteiger charge is 2.51. The lowest BCUT2D eigenvalue weighted by atomic mass is 9.83. The van der Waals surface area contributed by atoms with E-state index in [0.29, 0.717) is 48.3 Å². The Bertz CT molecular complexity index is 1120. The zero-order valence-electron chi connectivity index (χ0n) is 21.3. The number of allylic oxidation sites excluding steroid dienone is 4. The SMILES string of the molecule is CC1CCCCC12OC(=O)C(=CC1=C(Cl)/C(=C\C3=C(O)OC4(CCCCC4C)OC3=O)CCC1)C(=O)O2. The molecule has 0 aromatic rings. The van der Waals surface area contributed by atoms with Crippen LogP contribution < -0.4 is 0 Å². The lowest BCUT2D eigenvalue weighted by molar-refractivity contribution is -0.269. The van der Waals surface area contributed by atoms with Crippen LogP contribution in [0.5, 0.6) is 0 Å². The van der Waals surface area contributed by atoms with E-state index in [-0.39, 0.29) is 23.0 Å². The molecule has 8 nitrogen and oxygen atoms in total. The van der Waals surface area contributed by atoms with Gasteiger partial charge in [0.2, 0.25) is 0 Å². The largest absolute Gasteiger partial charge is 0.480 e. The second-order valence-electron chi connectivity index (χ2n) is 10.8. The van der Waals surface area contributed by atoms with Crippen molar-refractivity contribution in [1.82, 2.24) is 0 Å². The molecule has 3 atom stereocenters. The van der Waals surface area contributed by atoms with Gasteiger partial charge < -0.3 is 24.1 Å². The fourth-order valence-electron chi connectivity index (χ4n) is 6.00. The van der Waals surface area contributed by atoms with Crippen molar-refractivity contribution in [2.45, 2.75) is 96.1 Å². The van der Waals surface area contributed by atoms with Gasteiger partial charge in [-0.1, -0.05) is 38.3 Å². The van der Waals surface area contributed by atoms with Crippen molar-refractivity contribution in [3.05, 3.63) is 45.4 Å². The van der Waals surface area contributed by atoms with E-state index in [4.69, 9.17) is 30.5 Å². The molecule has 0 amide bonds. The zero-order valence-corrected chi connectivity index (χ0v) is 22.0. The molecule has 9 heteroatoms. The smallest absolute Gasteiger partial charge is 0.348 e. The van der Waals surface area contributed by atoms with Gasteiger partial charge >= 0.3 is 17.9 Å². The summed E-state index contributed by atoms with van der Waals surface area (Å²) in [5, 5.41) is 10.9. The predicted octanol–water partition coefficient (Wildman–Crippen LogP) is 5.77. The van der Waals surface area contributed by atoms with Gasteiger partial charge in [-0.2, -0.15) is 0 Å². The van der Waals surface area contributed by atoms with E-state index in [1.807, 2.05) is 13.8 Å². The highest BCUT2D eigenvalue weighted by atomic mass is 35.5. The van der Waals surface area contributed by atoms with Crippen molar-refractivity contribution >= 4 is 29.5 Å². The van der Waals surface area contributed by atoms with E-state index in [2.05, 4.69) is 0 Å². The van der Waals surface area contributed by atoms with Crippen molar-refractivity contribution in [2.24, 2.45) is 11.8 Å². The Kier molecular flexibility index (Phi) is 6.90. The Labute approximate surface area is 221 Å². The second kappa shape index (κ2) is 9.86. The fourth-order valence-corrected chi connectivity index (χ4v) is 6.30. The van der Waals surface area contributed by atoms with Crippen LogP contribution in [0.15, 0.2) is 45.4 Å². The average molecular weight is 533 g/mol. The van der Waals surface area contributed by atoms with Crippen LogP contribution in [0.3, 0.4) is 0 Å². The molecular formula is C28H33ClO8. The summed E-state index contributed by atoms with van der Waals surface area (Å²) in [4.78, 5) is 38.6. The molecule has 2 spiro atoms. The lowest BCUT2D eigenvalue weighted by Gasteiger charge is -2.43. The number of carbonyl (C=O) groups excluding carboxylic acids is 3. The predicted molar refractivity (Wildman–Crippen MR) is 133 cm³/mol. The molecule has 5 aliphatic rings. The highest BCUT2D eigenvalue weighted by molar-refractivity contribution is 6.33. The summed E-state index contributed by atoms with van der Waals surface area (Å²) in [7, 11) is 0. The summed E-state index contributed by atoms with van der Waals surface area (Å²) in [6.07, 6.45) is 11.0. The van der Waals surface area contributed by atoms with E-state index >= 15 is 0 Å². The van der Waals surface area contributed by atoms with Gasteiger partial charge in [-0.25, -0.2) is 14.4 Å². The summed E-state index contributed by atoms with van der Waals surface area (Å²) in [5.74, 6) is -5.01. The van der Waals surface area contributed by atoms with Gasteiger partial charge in [0.05, 0.1) is 0 Å². The molecule has 0 aromatic heterocycles. The Hall–Kier alpha value is -2.74.